The third-order valence-corrected chi connectivity index (χ3v) is 15.8. The monoisotopic (exact) mass is 839 g/mol. The molecule has 10 aromatic carbocycles. The Bertz CT molecular complexity index is 3540. The minimum Gasteiger partial charge on any atom is -0.310 e. The van der Waals surface area contributed by atoms with Crippen molar-refractivity contribution in [3.8, 4) is 55.6 Å². The van der Waals surface area contributed by atoms with Crippen LogP contribution >= 0.6 is 0 Å². The zero-order valence-corrected chi connectivity index (χ0v) is 37.0. The van der Waals surface area contributed by atoms with E-state index in [-0.39, 0.29) is 5.41 Å². The molecule has 0 saturated heterocycles. The van der Waals surface area contributed by atoms with Gasteiger partial charge in [0.1, 0.15) is 0 Å². The lowest BCUT2D eigenvalue weighted by atomic mass is 9.38. The van der Waals surface area contributed by atoms with Crippen LogP contribution in [0.1, 0.15) is 58.4 Å². The molecule has 0 radical (unpaired) electrons. The average Bonchev–Trinajstić information content (AvgIpc) is 3.61. The molecule has 310 valence electrons. The molecule has 0 atom stereocenters. The maximum atomic E-state index is 2.59. The van der Waals surface area contributed by atoms with Crippen LogP contribution in [0.3, 0.4) is 0 Å². The molecule has 0 fully saturated rings. The van der Waals surface area contributed by atoms with Crippen molar-refractivity contribution in [2.24, 2.45) is 0 Å². The van der Waals surface area contributed by atoms with E-state index in [1.54, 1.807) is 0 Å². The number of fused-ring (bicyclic) bond motifs is 12. The van der Waals surface area contributed by atoms with Crippen molar-refractivity contribution in [1.82, 2.24) is 0 Å². The molecule has 0 aromatic heterocycles. The highest BCUT2D eigenvalue weighted by molar-refractivity contribution is 6.02. The molecule has 4 aliphatic carbocycles. The van der Waals surface area contributed by atoms with Gasteiger partial charge in [-0.3, -0.25) is 0 Å². The van der Waals surface area contributed by atoms with Crippen LogP contribution in [0.5, 0.6) is 0 Å². The molecule has 10 aromatic rings. The second kappa shape index (κ2) is 13.5. The molecule has 0 spiro atoms. The SMILES string of the molecule is CC1(C)c2ccccc2-c2ccc(N(c3ccc(-c4ccccc4)cc3)c3cccc4c3C35c6ccccc6-c6ccccc6C3(c3ccccc3-c3ccccc35)c3ccccc3-4)cc21. The van der Waals surface area contributed by atoms with E-state index in [0.717, 1.165) is 11.4 Å². The van der Waals surface area contributed by atoms with Crippen LogP contribution in [-0.2, 0) is 16.2 Å². The maximum absolute atomic E-state index is 2.59. The zero-order chi connectivity index (χ0) is 43.8. The Kier molecular flexibility index (Phi) is 7.66. The van der Waals surface area contributed by atoms with E-state index in [9.17, 15) is 0 Å². The molecule has 1 nitrogen and oxygen atoms in total. The summed E-state index contributed by atoms with van der Waals surface area (Å²) >= 11 is 0. The Balaban J connectivity index is 1.16. The van der Waals surface area contributed by atoms with Crippen LogP contribution in [0.4, 0.5) is 17.1 Å². The Hall–Kier alpha value is -8.00. The third-order valence-electron chi connectivity index (χ3n) is 15.8. The number of benzene rings is 10. The standard InChI is InChI=1S/C65H45N/c1-63(2)54-28-12-6-21-46(54)52-40-39-45(41-60(52)63)66(44-37-35-43(36-38-44)42-19-4-3-5-20-42)61-34-18-27-53-51-26-11-15-31-57(51)64-55-29-13-7-22-47(55)49-24-9-16-32-58(49)65(64,62(53)61)59-33-17-10-25-50(59)48-23-8-14-30-56(48)64/h3-41H,1-2H3. The number of hydrogen-bond acceptors (Lipinski definition) is 1. The lowest BCUT2D eigenvalue weighted by molar-refractivity contribution is 0.406. The predicted octanol–water partition coefficient (Wildman–Crippen LogP) is 16.4. The van der Waals surface area contributed by atoms with E-state index in [4.69, 9.17) is 0 Å². The summed E-state index contributed by atoms with van der Waals surface area (Å²) in [6.45, 7) is 4.78. The highest BCUT2D eigenvalue weighted by Crippen LogP contribution is 2.74. The molecule has 14 rings (SSSR count). The van der Waals surface area contributed by atoms with E-state index < -0.39 is 10.8 Å². The molecular formula is C65H45N. The Morgan fingerprint density at radius 2 is 0.652 bits per heavy atom. The molecular weight excluding hydrogens is 795 g/mol. The third kappa shape index (κ3) is 4.60. The van der Waals surface area contributed by atoms with Gasteiger partial charge in [-0.1, -0.05) is 220 Å². The van der Waals surface area contributed by atoms with Gasteiger partial charge >= 0.3 is 0 Å². The molecule has 0 heterocycles. The number of hydrogen-bond donors (Lipinski definition) is 0. The van der Waals surface area contributed by atoms with E-state index in [2.05, 4.69) is 255 Å². The summed E-state index contributed by atoms with van der Waals surface area (Å²) in [4.78, 5) is 2.59. The first kappa shape index (κ1) is 37.4. The van der Waals surface area contributed by atoms with Gasteiger partial charge in [-0.05, 0) is 125 Å². The van der Waals surface area contributed by atoms with Gasteiger partial charge in [0.2, 0.25) is 0 Å². The summed E-state index contributed by atoms with van der Waals surface area (Å²) in [6.07, 6.45) is 0. The predicted molar refractivity (Wildman–Crippen MR) is 273 cm³/mol. The van der Waals surface area contributed by atoms with Crippen LogP contribution in [0, 0.1) is 0 Å². The van der Waals surface area contributed by atoms with Crippen LogP contribution in [0.2, 0.25) is 0 Å². The fraction of sp³-hybridized carbons (Fsp3) is 0.0769. The van der Waals surface area contributed by atoms with Crippen molar-refractivity contribution < 1.29 is 0 Å². The van der Waals surface area contributed by atoms with Crippen LogP contribution in [0.15, 0.2) is 237 Å². The highest BCUT2D eigenvalue weighted by Gasteiger charge is 2.67. The van der Waals surface area contributed by atoms with Gasteiger partial charge in [0.25, 0.3) is 0 Å². The van der Waals surface area contributed by atoms with Gasteiger partial charge in [0.15, 0.2) is 0 Å². The lowest BCUT2D eigenvalue weighted by Crippen LogP contribution is -2.58. The van der Waals surface area contributed by atoms with E-state index in [1.165, 1.54) is 106 Å². The van der Waals surface area contributed by atoms with Crippen molar-refractivity contribution in [1.29, 1.82) is 0 Å². The highest BCUT2D eigenvalue weighted by atomic mass is 15.1. The largest absolute Gasteiger partial charge is 0.310 e. The Morgan fingerprint density at radius 1 is 0.273 bits per heavy atom. The molecule has 0 unspecified atom stereocenters. The summed E-state index contributed by atoms with van der Waals surface area (Å²) in [5.41, 5.74) is 25.4. The van der Waals surface area contributed by atoms with Crippen molar-refractivity contribution in [3.05, 3.63) is 281 Å². The molecule has 66 heavy (non-hydrogen) atoms. The molecule has 4 aliphatic rings. The summed E-state index contributed by atoms with van der Waals surface area (Å²) in [5.74, 6) is 0. The van der Waals surface area contributed by atoms with Crippen LogP contribution < -0.4 is 4.90 Å². The van der Waals surface area contributed by atoms with Crippen molar-refractivity contribution in [2.45, 2.75) is 30.1 Å². The van der Waals surface area contributed by atoms with Gasteiger partial charge in [-0.25, -0.2) is 0 Å². The fourth-order valence-corrected chi connectivity index (χ4v) is 13.3. The number of anilines is 3. The lowest BCUT2D eigenvalue weighted by Gasteiger charge is -2.62. The molecule has 0 bridgehead atoms. The molecule has 0 saturated carbocycles. The molecule has 0 amide bonds. The van der Waals surface area contributed by atoms with Crippen LogP contribution in [0.25, 0.3) is 55.6 Å². The number of nitrogens with zero attached hydrogens (tertiary/aromatic N) is 1. The van der Waals surface area contributed by atoms with E-state index >= 15 is 0 Å². The first-order valence-electron chi connectivity index (χ1n) is 23.3. The summed E-state index contributed by atoms with van der Waals surface area (Å²) in [7, 11) is 0. The Labute approximate surface area is 387 Å². The molecule has 1 heteroatoms. The summed E-state index contributed by atoms with van der Waals surface area (Å²) in [5, 5.41) is 0. The first-order valence-corrected chi connectivity index (χ1v) is 23.3. The van der Waals surface area contributed by atoms with Gasteiger partial charge in [0.05, 0.1) is 16.5 Å². The topological polar surface area (TPSA) is 3.24 Å². The second-order valence-corrected chi connectivity index (χ2v) is 19.1. The fourth-order valence-electron chi connectivity index (χ4n) is 13.3. The summed E-state index contributed by atoms with van der Waals surface area (Å²) < 4.78 is 0. The van der Waals surface area contributed by atoms with Gasteiger partial charge in [0, 0.05) is 22.4 Å². The van der Waals surface area contributed by atoms with E-state index in [0.29, 0.717) is 0 Å². The minimum absolute atomic E-state index is 0.175. The maximum Gasteiger partial charge on any atom is 0.0668 e. The summed E-state index contributed by atoms with van der Waals surface area (Å²) in [6, 6.07) is 90.0. The van der Waals surface area contributed by atoms with Crippen LogP contribution in [-0.4, -0.2) is 0 Å². The molecule has 0 N–H and O–H groups in total. The normalized spacial score (nSPS) is 18.1. The Morgan fingerprint density at radius 3 is 1.18 bits per heavy atom. The second-order valence-electron chi connectivity index (χ2n) is 19.1. The van der Waals surface area contributed by atoms with Gasteiger partial charge < -0.3 is 4.90 Å². The minimum atomic E-state index is -0.711. The quantitative estimate of drug-likeness (QED) is 0.171. The smallest absolute Gasteiger partial charge is 0.0668 e. The van der Waals surface area contributed by atoms with E-state index in [1.807, 2.05) is 0 Å². The molecule has 0 aliphatic heterocycles. The zero-order valence-electron chi connectivity index (χ0n) is 37.0. The average molecular weight is 840 g/mol. The van der Waals surface area contributed by atoms with Crippen molar-refractivity contribution in [3.63, 3.8) is 0 Å². The first-order chi connectivity index (χ1) is 32.5. The van der Waals surface area contributed by atoms with Crippen molar-refractivity contribution in [2.75, 3.05) is 4.90 Å². The van der Waals surface area contributed by atoms with Gasteiger partial charge in [-0.2, -0.15) is 0 Å². The van der Waals surface area contributed by atoms with Gasteiger partial charge in [-0.15, -0.1) is 0 Å². The van der Waals surface area contributed by atoms with Crippen molar-refractivity contribution >= 4 is 17.1 Å². The number of rotatable bonds is 4.